The van der Waals surface area contributed by atoms with E-state index in [9.17, 15) is 0 Å². The van der Waals surface area contributed by atoms with Gasteiger partial charge in [-0.1, -0.05) is 48.9 Å². The Morgan fingerprint density at radius 2 is 1.85 bits per heavy atom. The van der Waals surface area contributed by atoms with Crippen molar-refractivity contribution < 1.29 is 4.74 Å². The number of hydrogen-bond acceptors (Lipinski definition) is 2. The summed E-state index contributed by atoms with van der Waals surface area (Å²) in [6.07, 6.45) is 3.84. The molecule has 0 saturated heterocycles. The maximum Gasteiger partial charge on any atom is 0.120 e. The Kier molecular flexibility index (Phi) is 4.03. The van der Waals surface area contributed by atoms with Crippen molar-refractivity contribution in [3.8, 4) is 5.75 Å². The topological polar surface area (TPSA) is 35.2 Å². The summed E-state index contributed by atoms with van der Waals surface area (Å²) in [5.41, 5.74) is 8.70. The van der Waals surface area contributed by atoms with Crippen LogP contribution in [0, 0.1) is 5.92 Å². The van der Waals surface area contributed by atoms with E-state index in [4.69, 9.17) is 10.5 Å². The molecule has 0 radical (unpaired) electrons. The lowest BCUT2D eigenvalue weighted by Crippen LogP contribution is -2.26. The smallest absolute Gasteiger partial charge is 0.120 e. The van der Waals surface area contributed by atoms with E-state index in [0.29, 0.717) is 12.5 Å². The van der Waals surface area contributed by atoms with Gasteiger partial charge in [-0.15, -0.1) is 0 Å². The van der Waals surface area contributed by atoms with E-state index in [1.807, 2.05) is 30.3 Å². The largest absolute Gasteiger partial charge is 0.489 e. The Bertz CT molecular complexity index is 548. The molecule has 0 heterocycles. The molecule has 1 aliphatic rings. The first-order valence-electron chi connectivity index (χ1n) is 7.35. The first kappa shape index (κ1) is 13.2. The molecule has 2 aromatic rings. The highest BCUT2D eigenvalue weighted by Gasteiger charge is 2.25. The Morgan fingerprint density at radius 1 is 1.05 bits per heavy atom. The molecule has 2 N–H and O–H groups in total. The number of hydrogen-bond donors (Lipinski definition) is 1. The van der Waals surface area contributed by atoms with Crippen molar-refractivity contribution in [1.82, 2.24) is 0 Å². The molecule has 1 aliphatic carbocycles. The second kappa shape index (κ2) is 6.10. The third-order valence-corrected chi connectivity index (χ3v) is 4.15. The fourth-order valence-corrected chi connectivity index (χ4v) is 2.62. The van der Waals surface area contributed by atoms with E-state index in [2.05, 4.69) is 24.3 Å². The molecule has 0 unspecified atom stereocenters. The standard InChI is InChI=1S/C18H21NO/c19-18(15-8-4-9-15)16-10-5-11-17(12-16)20-13-14-6-2-1-3-7-14/h1-3,5-7,10-12,15,18H,4,8-9,13,19H2/t18-/m1/s1. The summed E-state index contributed by atoms with van der Waals surface area (Å²) in [6.45, 7) is 0.600. The van der Waals surface area contributed by atoms with Gasteiger partial charge in [0.15, 0.2) is 0 Å². The van der Waals surface area contributed by atoms with Gasteiger partial charge in [-0.3, -0.25) is 0 Å². The third-order valence-electron chi connectivity index (χ3n) is 4.15. The average molecular weight is 267 g/mol. The fourth-order valence-electron chi connectivity index (χ4n) is 2.62. The van der Waals surface area contributed by atoms with E-state index >= 15 is 0 Å². The summed E-state index contributed by atoms with van der Waals surface area (Å²) in [5.74, 6) is 1.56. The summed E-state index contributed by atoms with van der Waals surface area (Å²) in [5, 5.41) is 0. The summed E-state index contributed by atoms with van der Waals surface area (Å²) >= 11 is 0. The molecule has 0 spiro atoms. The average Bonchev–Trinajstić information content (AvgIpc) is 2.45. The van der Waals surface area contributed by atoms with Gasteiger partial charge in [0.1, 0.15) is 12.4 Å². The van der Waals surface area contributed by atoms with Gasteiger partial charge in [0.25, 0.3) is 0 Å². The highest BCUT2D eigenvalue weighted by molar-refractivity contribution is 5.31. The Hall–Kier alpha value is -1.80. The minimum Gasteiger partial charge on any atom is -0.489 e. The molecule has 2 nitrogen and oxygen atoms in total. The number of benzene rings is 2. The van der Waals surface area contributed by atoms with E-state index in [1.54, 1.807) is 0 Å². The molecule has 0 bridgehead atoms. The van der Waals surface area contributed by atoms with Crippen LogP contribution >= 0.6 is 0 Å². The molecular weight excluding hydrogens is 246 g/mol. The van der Waals surface area contributed by atoms with Crippen LogP contribution in [0.3, 0.4) is 0 Å². The Morgan fingerprint density at radius 3 is 2.55 bits per heavy atom. The SMILES string of the molecule is N[C@@H](c1cccc(OCc2ccccc2)c1)C1CCC1. The maximum absolute atomic E-state index is 6.32. The van der Waals surface area contributed by atoms with E-state index in [-0.39, 0.29) is 6.04 Å². The lowest BCUT2D eigenvalue weighted by atomic mass is 9.77. The number of ether oxygens (including phenoxy) is 1. The highest BCUT2D eigenvalue weighted by Crippen LogP contribution is 2.36. The second-order valence-corrected chi connectivity index (χ2v) is 5.56. The van der Waals surface area contributed by atoms with Crippen LogP contribution in [-0.4, -0.2) is 0 Å². The molecule has 0 aliphatic heterocycles. The van der Waals surface area contributed by atoms with Crippen molar-refractivity contribution in [1.29, 1.82) is 0 Å². The van der Waals surface area contributed by atoms with Gasteiger partial charge in [0, 0.05) is 6.04 Å². The van der Waals surface area contributed by atoms with E-state index in [1.165, 1.54) is 30.4 Å². The van der Waals surface area contributed by atoms with Crippen LogP contribution in [0.15, 0.2) is 54.6 Å². The molecule has 1 saturated carbocycles. The minimum atomic E-state index is 0.157. The quantitative estimate of drug-likeness (QED) is 0.886. The molecule has 20 heavy (non-hydrogen) atoms. The van der Waals surface area contributed by atoms with E-state index in [0.717, 1.165) is 5.75 Å². The van der Waals surface area contributed by atoms with Gasteiger partial charge in [0.05, 0.1) is 0 Å². The summed E-state index contributed by atoms with van der Waals surface area (Å²) in [4.78, 5) is 0. The molecule has 3 rings (SSSR count). The number of rotatable bonds is 5. The molecule has 0 aromatic heterocycles. The predicted molar refractivity (Wildman–Crippen MR) is 81.5 cm³/mol. The van der Waals surface area contributed by atoms with Crippen molar-refractivity contribution >= 4 is 0 Å². The second-order valence-electron chi connectivity index (χ2n) is 5.56. The molecule has 2 aromatic carbocycles. The van der Waals surface area contributed by atoms with Crippen LogP contribution in [0.4, 0.5) is 0 Å². The highest BCUT2D eigenvalue weighted by atomic mass is 16.5. The summed E-state index contributed by atoms with van der Waals surface area (Å²) < 4.78 is 5.86. The van der Waals surface area contributed by atoms with Crippen LogP contribution in [0.2, 0.25) is 0 Å². The van der Waals surface area contributed by atoms with Crippen molar-refractivity contribution in [2.45, 2.75) is 31.9 Å². The number of nitrogens with two attached hydrogens (primary N) is 1. The Labute approximate surface area is 120 Å². The van der Waals surface area contributed by atoms with Gasteiger partial charge < -0.3 is 10.5 Å². The van der Waals surface area contributed by atoms with Gasteiger partial charge in [-0.25, -0.2) is 0 Å². The van der Waals surface area contributed by atoms with Crippen LogP contribution < -0.4 is 10.5 Å². The molecule has 0 amide bonds. The summed E-state index contributed by atoms with van der Waals surface area (Å²) in [7, 11) is 0. The first-order chi connectivity index (χ1) is 9.83. The first-order valence-corrected chi connectivity index (χ1v) is 7.35. The third kappa shape index (κ3) is 3.02. The van der Waals surface area contributed by atoms with Gasteiger partial charge in [-0.05, 0) is 42.0 Å². The molecular formula is C18H21NO. The van der Waals surface area contributed by atoms with Gasteiger partial charge in [0.2, 0.25) is 0 Å². The zero-order valence-electron chi connectivity index (χ0n) is 11.7. The van der Waals surface area contributed by atoms with Crippen molar-refractivity contribution in [2.24, 2.45) is 11.7 Å². The van der Waals surface area contributed by atoms with Gasteiger partial charge >= 0.3 is 0 Å². The Balaban J connectivity index is 1.65. The zero-order valence-corrected chi connectivity index (χ0v) is 11.7. The molecule has 2 heteroatoms. The van der Waals surface area contributed by atoms with Crippen molar-refractivity contribution in [3.05, 3.63) is 65.7 Å². The van der Waals surface area contributed by atoms with E-state index < -0.39 is 0 Å². The van der Waals surface area contributed by atoms with Gasteiger partial charge in [-0.2, -0.15) is 0 Å². The van der Waals surface area contributed by atoms with Crippen LogP contribution in [0.25, 0.3) is 0 Å². The van der Waals surface area contributed by atoms with Crippen molar-refractivity contribution in [3.63, 3.8) is 0 Å². The normalized spacial score (nSPS) is 16.4. The molecule has 1 atom stereocenters. The molecule has 104 valence electrons. The minimum absolute atomic E-state index is 0.157. The van der Waals surface area contributed by atoms with Crippen LogP contribution in [-0.2, 0) is 6.61 Å². The van der Waals surface area contributed by atoms with Crippen LogP contribution in [0.5, 0.6) is 5.75 Å². The zero-order chi connectivity index (χ0) is 13.8. The summed E-state index contributed by atoms with van der Waals surface area (Å²) in [6, 6.07) is 18.6. The maximum atomic E-state index is 6.32. The predicted octanol–water partition coefficient (Wildman–Crippen LogP) is 4.07. The molecule has 1 fully saturated rings. The van der Waals surface area contributed by atoms with Crippen LogP contribution in [0.1, 0.15) is 36.4 Å². The lowest BCUT2D eigenvalue weighted by Gasteiger charge is -2.31. The monoisotopic (exact) mass is 267 g/mol. The fraction of sp³-hybridized carbons (Fsp3) is 0.333. The lowest BCUT2D eigenvalue weighted by molar-refractivity contribution is 0.263. The van der Waals surface area contributed by atoms with Crippen molar-refractivity contribution in [2.75, 3.05) is 0 Å².